The summed E-state index contributed by atoms with van der Waals surface area (Å²) in [6.07, 6.45) is 0.873. The highest BCUT2D eigenvalue weighted by Gasteiger charge is 2.49. The molecule has 1 saturated heterocycles. The van der Waals surface area contributed by atoms with Gasteiger partial charge in [-0.05, 0) is 80.1 Å². The number of ether oxygens (including phenoxy) is 1. The number of alkyl halides is 3. The first kappa shape index (κ1) is 28.4. The standard InChI is InChI=1S/C31H33F3N2O3/c1-4-17-36-18-16-30(25-6-5-7-28(19-25)39-22(2)37)20-27(14-13-26(30)21-36)35(3)29(38)15-10-23-8-11-24(12-9-23)31(32,33)34/h4-9,11-12,19,26-27H,1,13-14,16-18,20-21H2,2-3H3/t26-,27-,30+/m1/s1. The molecule has 5 nitrogen and oxygen atoms in total. The zero-order chi connectivity index (χ0) is 28.2. The van der Waals surface area contributed by atoms with Crippen LogP contribution in [0.1, 0.15) is 49.3 Å². The average Bonchev–Trinajstić information content (AvgIpc) is 2.90. The fraction of sp³-hybridized carbons (Fsp3) is 0.419. The van der Waals surface area contributed by atoms with Gasteiger partial charge in [0.05, 0.1) is 5.56 Å². The Hall–Kier alpha value is -3.57. The molecule has 8 heteroatoms. The third-order valence-corrected chi connectivity index (χ3v) is 8.03. The number of hydrogen-bond acceptors (Lipinski definition) is 4. The molecule has 2 aromatic carbocycles. The van der Waals surface area contributed by atoms with E-state index in [1.807, 2.05) is 18.2 Å². The van der Waals surface area contributed by atoms with Gasteiger partial charge < -0.3 is 9.64 Å². The minimum Gasteiger partial charge on any atom is -0.427 e. The zero-order valence-corrected chi connectivity index (χ0v) is 22.3. The molecule has 0 radical (unpaired) electrons. The Morgan fingerprint density at radius 2 is 1.95 bits per heavy atom. The van der Waals surface area contributed by atoms with E-state index in [2.05, 4.69) is 29.4 Å². The van der Waals surface area contributed by atoms with Crippen LogP contribution in [-0.2, 0) is 21.2 Å². The number of piperidine rings is 1. The summed E-state index contributed by atoms with van der Waals surface area (Å²) in [7, 11) is 1.74. The molecule has 206 valence electrons. The van der Waals surface area contributed by atoms with Crippen LogP contribution < -0.4 is 4.74 Å². The summed E-state index contributed by atoms with van der Waals surface area (Å²) >= 11 is 0. The fourth-order valence-electron chi connectivity index (χ4n) is 6.03. The Morgan fingerprint density at radius 1 is 1.21 bits per heavy atom. The Balaban J connectivity index is 1.56. The summed E-state index contributed by atoms with van der Waals surface area (Å²) < 4.78 is 43.9. The van der Waals surface area contributed by atoms with Gasteiger partial charge in [-0.15, -0.1) is 6.58 Å². The maximum absolute atomic E-state index is 13.1. The van der Waals surface area contributed by atoms with Crippen LogP contribution in [0.2, 0.25) is 0 Å². The number of likely N-dealkylation sites (tertiary alicyclic amines) is 1. The summed E-state index contributed by atoms with van der Waals surface area (Å²) in [5.74, 6) is 5.45. The lowest BCUT2D eigenvalue weighted by atomic mass is 9.57. The molecule has 0 N–H and O–H groups in total. The van der Waals surface area contributed by atoms with Crippen LogP contribution >= 0.6 is 0 Å². The van der Waals surface area contributed by atoms with Crippen molar-refractivity contribution in [3.63, 3.8) is 0 Å². The lowest BCUT2D eigenvalue weighted by Crippen LogP contribution is -2.56. The number of hydrogen-bond donors (Lipinski definition) is 0. The molecule has 0 spiro atoms. The molecule has 1 aliphatic heterocycles. The Labute approximate surface area is 227 Å². The van der Waals surface area contributed by atoms with E-state index in [0.29, 0.717) is 17.2 Å². The van der Waals surface area contributed by atoms with Crippen molar-refractivity contribution in [1.82, 2.24) is 9.80 Å². The molecule has 1 saturated carbocycles. The number of benzene rings is 2. The number of halogens is 3. The van der Waals surface area contributed by atoms with Gasteiger partial charge >= 0.3 is 12.1 Å². The van der Waals surface area contributed by atoms with Crippen molar-refractivity contribution in [3.8, 4) is 17.6 Å². The predicted molar refractivity (Wildman–Crippen MR) is 143 cm³/mol. The van der Waals surface area contributed by atoms with E-state index in [4.69, 9.17) is 4.74 Å². The fourth-order valence-corrected chi connectivity index (χ4v) is 6.03. The van der Waals surface area contributed by atoms with Crippen LogP contribution in [0.15, 0.2) is 61.2 Å². The van der Waals surface area contributed by atoms with Gasteiger partial charge in [-0.1, -0.05) is 24.1 Å². The first-order valence-corrected chi connectivity index (χ1v) is 13.1. The molecule has 0 unspecified atom stereocenters. The number of carbonyl (C=O) groups excluding carboxylic acids is 2. The number of esters is 1. The lowest BCUT2D eigenvalue weighted by Gasteiger charge is -2.54. The Kier molecular flexibility index (Phi) is 8.51. The molecule has 0 bridgehead atoms. The minimum absolute atomic E-state index is 0.0565. The van der Waals surface area contributed by atoms with Gasteiger partial charge in [0.15, 0.2) is 0 Å². The number of rotatable bonds is 5. The molecule has 39 heavy (non-hydrogen) atoms. The smallest absolute Gasteiger partial charge is 0.416 e. The molecule has 0 aromatic heterocycles. The van der Waals surface area contributed by atoms with Gasteiger partial charge in [0, 0.05) is 50.0 Å². The van der Waals surface area contributed by atoms with Gasteiger partial charge in [0.1, 0.15) is 5.75 Å². The predicted octanol–water partition coefficient (Wildman–Crippen LogP) is 5.44. The van der Waals surface area contributed by atoms with Crippen LogP contribution in [-0.4, -0.2) is 54.4 Å². The third-order valence-electron chi connectivity index (χ3n) is 8.03. The average molecular weight is 539 g/mol. The monoisotopic (exact) mass is 538 g/mol. The van der Waals surface area contributed by atoms with E-state index in [-0.39, 0.29) is 23.3 Å². The molecule has 3 atom stereocenters. The molecule has 2 fully saturated rings. The Bertz CT molecular complexity index is 1280. The van der Waals surface area contributed by atoms with Crippen molar-refractivity contribution in [2.24, 2.45) is 5.92 Å². The Morgan fingerprint density at radius 3 is 2.62 bits per heavy atom. The number of fused-ring (bicyclic) bond motifs is 1. The van der Waals surface area contributed by atoms with Crippen molar-refractivity contribution >= 4 is 11.9 Å². The third kappa shape index (κ3) is 6.54. The normalized spacial score (nSPS) is 23.1. The van der Waals surface area contributed by atoms with Crippen LogP contribution in [0.4, 0.5) is 13.2 Å². The van der Waals surface area contributed by atoms with Crippen molar-refractivity contribution in [2.75, 3.05) is 26.7 Å². The van der Waals surface area contributed by atoms with Gasteiger partial charge in [0.25, 0.3) is 5.91 Å². The summed E-state index contributed by atoms with van der Waals surface area (Å²) in [5.41, 5.74) is 0.495. The van der Waals surface area contributed by atoms with Crippen LogP contribution in [0.25, 0.3) is 0 Å². The van der Waals surface area contributed by atoms with Crippen molar-refractivity contribution < 1.29 is 27.5 Å². The first-order chi connectivity index (χ1) is 18.5. The maximum atomic E-state index is 13.1. The van der Waals surface area contributed by atoms with Crippen LogP contribution in [0, 0.1) is 17.8 Å². The molecular weight excluding hydrogens is 505 g/mol. The van der Waals surface area contributed by atoms with E-state index >= 15 is 0 Å². The summed E-state index contributed by atoms with van der Waals surface area (Å²) in [6.45, 7) is 7.89. The molecule has 2 aliphatic rings. The molecule has 1 amide bonds. The van der Waals surface area contributed by atoms with Crippen molar-refractivity contribution in [1.29, 1.82) is 0 Å². The molecular formula is C31H33F3N2O3. The van der Waals surface area contributed by atoms with Crippen LogP contribution in [0.5, 0.6) is 5.75 Å². The van der Waals surface area contributed by atoms with E-state index in [9.17, 15) is 22.8 Å². The van der Waals surface area contributed by atoms with Gasteiger partial charge in [-0.25, -0.2) is 0 Å². The van der Waals surface area contributed by atoms with Crippen LogP contribution in [0.3, 0.4) is 0 Å². The summed E-state index contributed by atoms with van der Waals surface area (Å²) in [4.78, 5) is 28.7. The SMILES string of the molecule is C=CCN1CC[C@@]2(c3cccc(OC(C)=O)c3)C[C@H](N(C)C(=O)C#Cc3ccc(C(F)(F)F)cc3)CC[C@@H]2C1. The van der Waals surface area contributed by atoms with Crippen molar-refractivity contribution in [2.45, 2.75) is 50.2 Å². The highest BCUT2D eigenvalue weighted by molar-refractivity contribution is 5.94. The zero-order valence-electron chi connectivity index (χ0n) is 22.3. The van der Waals surface area contributed by atoms with E-state index < -0.39 is 11.7 Å². The topological polar surface area (TPSA) is 49.9 Å². The molecule has 2 aromatic rings. The highest BCUT2D eigenvalue weighted by Crippen LogP contribution is 2.50. The lowest BCUT2D eigenvalue weighted by molar-refractivity contribution is -0.137. The second-order valence-electron chi connectivity index (χ2n) is 10.4. The molecule has 4 rings (SSSR count). The largest absolute Gasteiger partial charge is 0.427 e. The first-order valence-electron chi connectivity index (χ1n) is 13.1. The van der Waals surface area contributed by atoms with Gasteiger partial charge in [0.2, 0.25) is 0 Å². The number of carbonyl (C=O) groups is 2. The van der Waals surface area contributed by atoms with Gasteiger partial charge in [-0.3, -0.25) is 14.5 Å². The number of nitrogens with zero attached hydrogens (tertiary/aromatic N) is 2. The van der Waals surface area contributed by atoms with E-state index in [1.165, 1.54) is 19.1 Å². The van der Waals surface area contributed by atoms with Gasteiger partial charge in [-0.2, -0.15) is 13.2 Å². The second-order valence-corrected chi connectivity index (χ2v) is 10.4. The minimum atomic E-state index is -4.42. The number of amides is 1. The van der Waals surface area contributed by atoms with E-state index in [0.717, 1.165) is 63.0 Å². The highest BCUT2D eigenvalue weighted by atomic mass is 19.4. The van der Waals surface area contributed by atoms with Crippen molar-refractivity contribution in [3.05, 3.63) is 77.9 Å². The molecule has 1 aliphatic carbocycles. The second kappa shape index (κ2) is 11.7. The summed E-state index contributed by atoms with van der Waals surface area (Å²) in [6, 6.07) is 12.1. The maximum Gasteiger partial charge on any atom is 0.416 e. The van der Waals surface area contributed by atoms with E-state index in [1.54, 1.807) is 18.0 Å². The quantitative estimate of drug-likeness (QED) is 0.220. The molecule has 1 heterocycles. The summed E-state index contributed by atoms with van der Waals surface area (Å²) in [5, 5.41) is 0.